The van der Waals surface area contributed by atoms with E-state index in [1.54, 1.807) is 110 Å². The fourth-order valence-corrected chi connectivity index (χ4v) is 5.40. The number of aliphatic hydroxyl groups excluding tert-OH is 1. The van der Waals surface area contributed by atoms with Crippen LogP contribution >= 0.6 is 0 Å². The van der Waals surface area contributed by atoms with E-state index in [-0.39, 0.29) is 26.0 Å². The van der Waals surface area contributed by atoms with E-state index in [1.807, 2.05) is 6.07 Å². The minimum Gasteiger partial charge on any atom is -0.460 e. The summed E-state index contributed by atoms with van der Waals surface area (Å²) in [5.74, 6) is -6.83. The van der Waals surface area contributed by atoms with Gasteiger partial charge in [0.1, 0.15) is 42.5 Å². The zero-order valence-electron chi connectivity index (χ0n) is 36.9. The lowest BCUT2D eigenvalue weighted by Crippen LogP contribution is -2.61. The van der Waals surface area contributed by atoms with Gasteiger partial charge in [0.15, 0.2) is 0 Å². The number of nitrogens with one attached hydrogen (secondary N) is 5. The van der Waals surface area contributed by atoms with Crippen LogP contribution in [0, 0.1) is 5.92 Å². The Morgan fingerprint density at radius 1 is 0.710 bits per heavy atom. The lowest BCUT2D eigenvalue weighted by atomic mass is 9.97. The molecule has 6 N–H and O–H groups in total. The highest BCUT2D eigenvalue weighted by atomic mass is 16.6. The largest absolute Gasteiger partial charge is 0.460 e. The maximum absolute atomic E-state index is 13.9. The zero-order valence-corrected chi connectivity index (χ0v) is 36.9. The Bertz CT molecular complexity index is 1860. The standard InChI is InChI=1S/C44H62N6O12/c1-10-28(2)37(48-42(59)60-27-31-19-15-12-16-20-31)40(57)46-32(21-24-35(54)61-43(4,5)6)39(56)47-38(29(3)51)41(58)49-50(26-36(55)62-44(7,8)9)34(53)23-22-33(52)45-25-30-17-13-11-14-18-30/h11-20,22-23,28-29,32,37-38,51H,10,21,24-27H2,1-9H3,(H,45,52)(H,46,57)(H,47,56)(H,48,59)(H,49,58)/b23-22+/t28-,29+,32-,37-,38-/m0/s1. The van der Waals surface area contributed by atoms with E-state index in [0.717, 1.165) is 17.7 Å². The number of aliphatic hydroxyl groups is 1. The van der Waals surface area contributed by atoms with E-state index < -0.39 is 95.5 Å². The molecule has 340 valence electrons. The molecule has 0 fully saturated rings. The molecule has 18 nitrogen and oxygen atoms in total. The summed E-state index contributed by atoms with van der Waals surface area (Å²) < 4.78 is 16.0. The van der Waals surface area contributed by atoms with Gasteiger partial charge in [-0.3, -0.25) is 39.0 Å². The number of amides is 6. The fraction of sp³-hybridized carbons (Fsp3) is 0.500. The highest BCUT2D eigenvalue weighted by Gasteiger charge is 2.35. The molecule has 0 bridgehead atoms. The summed E-state index contributed by atoms with van der Waals surface area (Å²) in [5, 5.41) is 21.3. The molecule has 0 unspecified atom stereocenters. The minimum atomic E-state index is -1.81. The van der Waals surface area contributed by atoms with Crippen molar-refractivity contribution in [2.45, 2.75) is 130 Å². The van der Waals surface area contributed by atoms with Crippen molar-refractivity contribution in [1.29, 1.82) is 0 Å². The highest BCUT2D eigenvalue weighted by Crippen LogP contribution is 2.14. The second kappa shape index (κ2) is 24.8. The number of ether oxygens (including phenoxy) is 3. The molecular formula is C44H62N6O12. The van der Waals surface area contributed by atoms with Crippen LogP contribution in [0.3, 0.4) is 0 Å². The summed E-state index contributed by atoms with van der Waals surface area (Å²) in [7, 11) is 0. The van der Waals surface area contributed by atoms with Gasteiger partial charge < -0.3 is 40.6 Å². The summed E-state index contributed by atoms with van der Waals surface area (Å²) >= 11 is 0. The molecule has 62 heavy (non-hydrogen) atoms. The number of hydrogen-bond donors (Lipinski definition) is 6. The van der Waals surface area contributed by atoms with Crippen molar-refractivity contribution >= 4 is 47.6 Å². The maximum Gasteiger partial charge on any atom is 0.408 e. The van der Waals surface area contributed by atoms with Crippen molar-refractivity contribution < 1.29 is 57.7 Å². The molecule has 2 rings (SSSR count). The van der Waals surface area contributed by atoms with Crippen LogP contribution in [0.15, 0.2) is 72.8 Å². The average molecular weight is 867 g/mol. The van der Waals surface area contributed by atoms with Crippen molar-refractivity contribution in [2.75, 3.05) is 6.54 Å². The Morgan fingerprint density at radius 3 is 1.82 bits per heavy atom. The third-order valence-corrected chi connectivity index (χ3v) is 8.64. The predicted molar refractivity (Wildman–Crippen MR) is 227 cm³/mol. The van der Waals surface area contributed by atoms with E-state index in [2.05, 4.69) is 26.7 Å². The van der Waals surface area contributed by atoms with Crippen LogP contribution < -0.4 is 26.7 Å². The lowest BCUT2D eigenvalue weighted by Gasteiger charge is -2.29. The molecule has 5 atom stereocenters. The highest BCUT2D eigenvalue weighted by molar-refractivity contribution is 5.99. The van der Waals surface area contributed by atoms with Gasteiger partial charge in [0, 0.05) is 25.1 Å². The topological polar surface area (TPSA) is 248 Å². The Kier molecular flexibility index (Phi) is 20.8. The quantitative estimate of drug-likeness (QED) is 0.0487. The molecule has 18 heteroatoms. The number of carbonyl (C=O) groups excluding carboxylic acids is 8. The maximum atomic E-state index is 13.9. The SMILES string of the molecule is CC[C@H](C)[C@H](NC(=O)OCc1ccccc1)C(=O)N[C@@H](CCC(=O)OC(C)(C)C)C(=O)N[C@H](C(=O)NN(CC(=O)OC(C)(C)C)C(=O)/C=C/C(=O)NCc1ccccc1)[C@@H](C)O. The molecule has 2 aromatic rings. The first-order valence-corrected chi connectivity index (χ1v) is 20.3. The van der Waals surface area contributed by atoms with Gasteiger partial charge in [0.25, 0.3) is 11.8 Å². The molecule has 0 aliphatic carbocycles. The smallest absolute Gasteiger partial charge is 0.408 e. The Labute approximate surface area is 362 Å². The fourth-order valence-electron chi connectivity index (χ4n) is 5.40. The first kappa shape index (κ1) is 51.8. The van der Waals surface area contributed by atoms with Crippen LogP contribution in [0.2, 0.25) is 0 Å². The van der Waals surface area contributed by atoms with Gasteiger partial charge in [0.05, 0.1) is 6.10 Å². The van der Waals surface area contributed by atoms with E-state index in [9.17, 15) is 43.5 Å². The monoisotopic (exact) mass is 866 g/mol. The Morgan fingerprint density at radius 2 is 1.27 bits per heavy atom. The number of nitrogens with zero attached hydrogens (tertiary/aromatic N) is 1. The van der Waals surface area contributed by atoms with Crippen LogP contribution in [0.1, 0.15) is 92.7 Å². The molecular weight excluding hydrogens is 805 g/mol. The molecule has 0 spiro atoms. The number of rotatable bonds is 20. The van der Waals surface area contributed by atoms with E-state index in [4.69, 9.17) is 14.2 Å². The first-order valence-electron chi connectivity index (χ1n) is 20.3. The number of benzene rings is 2. The summed E-state index contributed by atoms with van der Waals surface area (Å²) in [5.41, 5.74) is 1.85. The van der Waals surface area contributed by atoms with Crippen LogP contribution in [-0.4, -0.2) is 99.7 Å². The second-order valence-electron chi connectivity index (χ2n) is 16.5. The van der Waals surface area contributed by atoms with Crippen molar-refractivity contribution in [3.8, 4) is 0 Å². The van der Waals surface area contributed by atoms with Crippen molar-refractivity contribution in [1.82, 2.24) is 31.7 Å². The normalized spacial score (nSPS) is 13.8. The summed E-state index contributed by atoms with van der Waals surface area (Å²) in [6, 6.07) is 13.3. The summed E-state index contributed by atoms with van der Waals surface area (Å²) in [6.45, 7) is 13.6. The van der Waals surface area contributed by atoms with Gasteiger partial charge in [-0.15, -0.1) is 0 Å². The number of alkyl carbamates (subject to hydrolysis) is 1. The Balaban J connectivity index is 2.34. The molecule has 0 heterocycles. The van der Waals surface area contributed by atoms with Gasteiger partial charge in [0.2, 0.25) is 17.7 Å². The third-order valence-electron chi connectivity index (χ3n) is 8.64. The summed E-state index contributed by atoms with van der Waals surface area (Å²) in [6.07, 6.45) is -1.12. The second-order valence-corrected chi connectivity index (χ2v) is 16.5. The van der Waals surface area contributed by atoms with Crippen molar-refractivity contribution in [2.24, 2.45) is 5.92 Å². The Hall–Kier alpha value is -6.30. The van der Waals surface area contributed by atoms with Crippen molar-refractivity contribution in [3.05, 3.63) is 83.9 Å². The number of hydrogen-bond acceptors (Lipinski definition) is 12. The lowest BCUT2D eigenvalue weighted by molar-refractivity contribution is -0.161. The van der Waals surface area contributed by atoms with Gasteiger partial charge in [-0.05, 0) is 71.9 Å². The molecule has 2 aromatic carbocycles. The third kappa shape index (κ3) is 20.3. The number of carbonyl (C=O) groups is 8. The van der Waals surface area contributed by atoms with E-state index >= 15 is 0 Å². The molecule has 0 aromatic heterocycles. The van der Waals surface area contributed by atoms with Gasteiger partial charge in [-0.25, -0.2) is 9.80 Å². The minimum absolute atomic E-state index is 0.0770. The van der Waals surface area contributed by atoms with Crippen molar-refractivity contribution in [3.63, 3.8) is 0 Å². The van der Waals surface area contributed by atoms with Gasteiger partial charge >= 0.3 is 18.0 Å². The van der Waals surface area contributed by atoms with Gasteiger partial charge in [-0.2, -0.15) is 0 Å². The predicted octanol–water partition coefficient (Wildman–Crippen LogP) is 2.87. The van der Waals surface area contributed by atoms with Crippen LogP contribution in [0.4, 0.5) is 4.79 Å². The van der Waals surface area contributed by atoms with Crippen LogP contribution in [0.5, 0.6) is 0 Å². The van der Waals surface area contributed by atoms with Crippen LogP contribution in [-0.2, 0) is 60.9 Å². The number of hydrazine groups is 1. The molecule has 0 aliphatic heterocycles. The zero-order chi connectivity index (χ0) is 46.6. The van der Waals surface area contributed by atoms with Crippen LogP contribution in [0.25, 0.3) is 0 Å². The van der Waals surface area contributed by atoms with E-state index in [0.29, 0.717) is 17.0 Å². The number of esters is 2. The summed E-state index contributed by atoms with van der Waals surface area (Å²) in [4.78, 5) is 106. The molecule has 0 radical (unpaired) electrons. The molecule has 0 saturated carbocycles. The van der Waals surface area contributed by atoms with E-state index in [1.165, 1.54) is 6.92 Å². The molecule has 0 aliphatic rings. The first-order chi connectivity index (χ1) is 29.0. The van der Waals surface area contributed by atoms with Gasteiger partial charge in [-0.1, -0.05) is 80.9 Å². The molecule has 0 saturated heterocycles. The molecule has 6 amide bonds. The average Bonchev–Trinajstić information content (AvgIpc) is 3.19.